The number of hydrogen-bond donors (Lipinski definition) is 2. The number of amides is 1. The van der Waals surface area contributed by atoms with E-state index < -0.39 is 0 Å². The quantitative estimate of drug-likeness (QED) is 0.750. The molecular formula is C15H12FN3O. The first-order valence-electron chi connectivity index (χ1n) is 6.13. The first-order valence-corrected chi connectivity index (χ1v) is 6.13. The maximum atomic E-state index is 13.3. The molecule has 2 N–H and O–H groups in total. The van der Waals surface area contributed by atoms with Crippen molar-refractivity contribution in [2.24, 2.45) is 0 Å². The van der Waals surface area contributed by atoms with Gasteiger partial charge in [0.15, 0.2) is 0 Å². The molecule has 1 heterocycles. The van der Waals surface area contributed by atoms with Gasteiger partial charge in [0.05, 0.1) is 11.7 Å². The first-order chi connectivity index (χ1) is 9.61. The van der Waals surface area contributed by atoms with Crippen molar-refractivity contribution in [3.63, 3.8) is 0 Å². The average Bonchev–Trinajstić information content (AvgIpc) is 2.84. The molecule has 0 unspecified atom stereocenters. The van der Waals surface area contributed by atoms with Crippen molar-refractivity contribution in [3.05, 3.63) is 59.5 Å². The van der Waals surface area contributed by atoms with Crippen LogP contribution in [-0.4, -0.2) is 16.1 Å². The number of hydrogen-bond acceptors (Lipinski definition) is 2. The Kier molecular flexibility index (Phi) is 2.95. The molecule has 2 aromatic carbocycles. The minimum Gasteiger partial charge on any atom is -0.322 e. The van der Waals surface area contributed by atoms with Crippen LogP contribution in [0.2, 0.25) is 0 Å². The minimum atomic E-state index is -0.371. The van der Waals surface area contributed by atoms with Gasteiger partial charge in [-0.2, -0.15) is 5.10 Å². The van der Waals surface area contributed by atoms with Crippen molar-refractivity contribution >= 4 is 22.5 Å². The Morgan fingerprint density at radius 3 is 2.90 bits per heavy atom. The predicted octanol–water partition coefficient (Wildman–Crippen LogP) is 3.26. The van der Waals surface area contributed by atoms with Crippen LogP contribution in [0.15, 0.2) is 42.6 Å². The lowest BCUT2D eigenvalue weighted by Crippen LogP contribution is -2.12. The number of aryl methyl sites for hydroxylation is 1. The molecule has 20 heavy (non-hydrogen) atoms. The fourth-order valence-electron chi connectivity index (χ4n) is 2.09. The van der Waals surface area contributed by atoms with E-state index in [1.807, 2.05) is 6.07 Å². The highest BCUT2D eigenvalue weighted by Crippen LogP contribution is 2.17. The van der Waals surface area contributed by atoms with Crippen LogP contribution in [-0.2, 0) is 0 Å². The summed E-state index contributed by atoms with van der Waals surface area (Å²) >= 11 is 0. The third-order valence-corrected chi connectivity index (χ3v) is 3.00. The summed E-state index contributed by atoms with van der Waals surface area (Å²) in [6.45, 7) is 1.77. The Bertz CT molecular complexity index is 774. The van der Waals surface area contributed by atoms with E-state index in [4.69, 9.17) is 0 Å². The van der Waals surface area contributed by atoms with Gasteiger partial charge < -0.3 is 5.32 Å². The summed E-state index contributed by atoms with van der Waals surface area (Å²) in [5, 5.41) is 10.3. The van der Waals surface area contributed by atoms with Crippen LogP contribution >= 0.6 is 0 Å². The summed E-state index contributed by atoms with van der Waals surface area (Å²) in [5.41, 5.74) is 2.47. The van der Waals surface area contributed by atoms with Crippen molar-refractivity contribution in [1.29, 1.82) is 0 Å². The predicted molar refractivity (Wildman–Crippen MR) is 75.2 cm³/mol. The monoisotopic (exact) mass is 269 g/mol. The third-order valence-electron chi connectivity index (χ3n) is 3.00. The number of aromatic nitrogens is 2. The maximum absolute atomic E-state index is 13.3. The molecule has 0 aliphatic carbocycles. The summed E-state index contributed by atoms with van der Waals surface area (Å²) in [7, 11) is 0. The molecule has 0 aliphatic heterocycles. The second-order valence-corrected chi connectivity index (χ2v) is 4.64. The van der Waals surface area contributed by atoms with Gasteiger partial charge in [-0.05, 0) is 42.8 Å². The second-order valence-electron chi connectivity index (χ2n) is 4.64. The number of carbonyl (C=O) groups is 1. The zero-order valence-corrected chi connectivity index (χ0v) is 10.8. The molecule has 0 atom stereocenters. The zero-order chi connectivity index (χ0) is 14.1. The van der Waals surface area contributed by atoms with E-state index in [1.165, 1.54) is 12.1 Å². The van der Waals surface area contributed by atoms with Crippen LogP contribution < -0.4 is 5.32 Å². The Labute approximate surface area is 114 Å². The number of benzene rings is 2. The van der Waals surface area contributed by atoms with Crippen molar-refractivity contribution in [1.82, 2.24) is 10.2 Å². The minimum absolute atomic E-state index is 0.286. The molecule has 0 fully saturated rings. The van der Waals surface area contributed by atoms with E-state index in [0.717, 1.165) is 16.5 Å². The highest BCUT2D eigenvalue weighted by molar-refractivity contribution is 6.06. The molecule has 0 spiro atoms. The molecule has 1 amide bonds. The number of nitrogens with one attached hydrogen (secondary N) is 2. The van der Waals surface area contributed by atoms with Crippen LogP contribution in [0, 0.1) is 12.7 Å². The highest BCUT2D eigenvalue weighted by Gasteiger charge is 2.08. The van der Waals surface area contributed by atoms with Gasteiger partial charge in [0.1, 0.15) is 5.82 Å². The smallest absolute Gasteiger partial charge is 0.255 e. The largest absolute Gasteiger partial charge is 0.322 e. The maximum Gasteiger partial charge on any atom is 0.255 e. The summed E-state index contributed by atoms with van der Waals surface area (Å²) in [6, 6.07) is 9.65. The molecule has 3 aromatic rings. The molecule has 5 heteroatoms. The van der Waals surface area contributed by atoms with Gasteiger partial charge in [0.25, 0.3) is 5.91 Å². The molecular weight excluding hydrogens is 257 g/mol. The van der Waals surface area contributed by atoms with Crippen molar-refractivity contribution in [2.75, 3.05) is 5.32 Å². The third kappa shape index (κ3) is 2.38. The van der Waals surface area contributed by atoms with Crippen LogP contribution in [0.5, 0.6) is 0 Å². The van der Waals surface area contributed by atoms with Gasteiger partial charge >= 0.3 is 0 Å². The lowest BCUT2D eigenvalue weighted by atomic mass is 10.1. The Balaban J connectivity index is 1.88. The number of anilines is 1. The summed E-state index contributed by atoms with van der Waals surface area (Å²) < 4.78 is 13.3. The fraction of sp³-hybridized carbons (Fsp3) is 0.0667. The Morgan fingerprint density at radius 2 is 2.10 bits per heavy atom. The SMILES string of the molecule is Cc1cc(F)cc(NC(=O)c2ccc3cn[nH]c3c2)c1. The number of aromatic amines is 1. The number of rotatable bonds is 2. The normalized spacial score (nSPS) is 10.7. The first kappa shape index (κ1) is 12.3. The molecule has 0 radical (unpaired) electrons. The van der Waals surface area contributed by atoms with Crippen LogP contribution in [0.4, 0.5) is 10.1 Å². The number of halogens is 1. The van der Waals surface area contributed by atoms with Gasteiger partial charge in [-0.1, -0.05) is 6.07 Å². The Morgan fingerprint density at radius 1 is 1.25 bits per heavy atom. The van der Waals surface area contributed by atoms with Gasteiger partial charge in [-0.25, -0.2) is 4.39 Å². The molecule has 0 saturated heterocycles. The van der Waals surface area contributed by atoms with Gasteiger partial charge in [-0.15, -0.1) is 0 Å². The van der Waals surface area contributed by atoms with Crippen LogP contribution in [0.3, 0.4) is 0 Å². The van der Waals surface area contributed by atoms with E-state index >= 15 is 0 Å². The van der Waals surface area contributed by atoms with E-state index in [2.05, 4.69) is 15.5 Å². The van der Waals surface area contributed by atoms with Crippen molar-refractivity contribution < 1.29 is 9.18 Å². The number of fused-ring (bicyclic) bond motifs is 1. The summed E-state index contributed by atoms with van der Waals surface area (Å²) in [4.78, 5) is 12.1. The lowest BCUT2D eigenvalue weighted by molar-refractivity contribution is 0.102. The van der Waals surface area contributed by atoms with E-state index in [0.29, 0.717) is 11.3 Å². The number of H-pyrrole nitrogens is 1. The van der Waals surface area contributed by atoms with Crippen molar-refractivity contribution in [3.8, 4) is 0 Å². The molecule has 3 rings (SSSR count). The van der Waals surface area contributed by atoms with Gasteiger partial charge in [0.2, 0.25) is 0 Å². The molecule has 0 aliphatic rings. The van der Waals surface area contributed by atoms with E-state index in [-0.39, 0.29) is 11.7 Å². The van der Waals surface area contributed by atoms with Gasteiger partial charge in [0, 0.05) is 16.6 Å². The van der Waals surface area contributed by atoms with Crippen molar-refractivity contribution in [2.45, 2.75) is 6.92 Å². The lowest BCUT2D eigenvalue weighted by Gasteiger charge is -2.06. The molecule has 0 bridgehead atoms. The Hall–Kier alpha value is -2.69. The summed E-state index contributed by atoms with van der Waals surface area (Å²) in [5.74, 6) is -0.657. The summed E-state index contributed by atoms with van der Waals surface area (Å²) in [6.07, 6.45) is 1.69. The number of carbonyl (C=O) groups excluding carboxylic acids is 1. The molecule has 1 aromatic heterocycles. The molecule has 100 valence electrons. The molecule has 4 nitrogen and oxygen atoms in total. The molecule has 0 saturated carbocycles. The average molecular weight is 269 g/mol. The van der Waals surface area contributed by atoms with E-state index in [1.54, 1.807) is 31.3 Å². The number of nitrogens with zero attached hydrogens (tertiary/aromatic N) is 1. The second kappa shape index (κ2) is 4.77. The zero-order valence-electron chi connectivity index (χ0n) is 10.8. The van der Waals surface area contributed by atoms with Gasteiger partial charge in [-0.3, -0.25) is 9.89 Å². The standard InChI is InChI=1S/C15H12FN3O/c1-9-4-12(16)7-13(5-9)18-15(20)10-2-3-11-8-17-19-14(11)6-10/h2-8H,1H3,(H,17,19)(H,18,20). The topological polar surface area (TPSA) is 57.8 Å². The van der Waals surface area contributed by atoms with Crippen LogP contribution in [0.1, 0.15) is 15.9 Å². The highest BCUT2D eigenvalue weighted by atomic mass is 19.1. The fourth-order valence-corrected chi connectivity index (χ4v) is 2.09. The van der Waals surface area contributed by atoms with E-state index in [9.17, 15) is 9.18 Å². The van der Waals surface area contributed by atoms with Crippen LogP contribution in [0.25, 0.3) is 10.9 Å².